The molecule has 27 heavy (non-hydrogen) atoms. The van der Waals surface area contributed by atoms with E-state index in [4.69, 9.17) is 4.74 Å². The summed E-state index contributed by atoms with van der Waals surface area (Å²) in [6.45, 7) is 5.91. The van der Waals surface area contributed by atoms with Crippen LogP contribution in [0.5, 0.6) is 0 Å². The molecule has 3 aliphatic heterocycles. The van der Waals surface area contributed by atoms with Crippen LogP contribution < -0.4 is 0 Å². The number of hydrogen-bond acceptors (Lipinski definition) is 4. The van der Waals surface area contributed by atoms with E-state index in [1.165, 1.54) is 0 Å². The number of likely N-dealkylation sites (tertiary alicyclic amines) is 1. The molecule has 4 rings (SSSR count). The SMILES string of the molecule is CCn1ccc(C(=O)N2CCC(OC3C[C@H]4CC[C@@H](C3)N4C(C)=O)CC2)n1. The van der Waals surface area contributed by atoms with Crippen molar-refractivity contribution in [2.75, 3.05) is 13.1 Å². The van der Waals surface area contributed by atoms with Crippen molar-refractivity contribution < 1.29 is 14.3 Å². The molecule has 0 radical (unpaired) electrons. The van der Waals surface area contributed by atoms with Gasteiger partial charge in [-0.2, -0.15) is 5.10 Å². The van der Waals surface area contributed by atoms with Gasteiger partial charge in [0.15, 0.2) is 0 Å². The Hall–Kier alpha value is -1.89. The van der Waals surface area contributed by atoms with Gasteiger partial charge in [-0.3, -0.25) is 14.3 Å². The lowest BCUT2D eigenvalue weighted by atomic mass is 9.98. The Balaban J connectivity index is 1.27. The first-order valence-electron chi connectivity index (χ1n) is 10.3. The normalized spacial score (nSPS) is 28.6. The third kappa shape index (κ3) is 3.74. The van der Waals surface area contributed by atoms with Gasteiger partial charge in [0.1, 0.15) is 5.69 Å². The van der Waals surface area contributed by atoms with Gasteiger partial charge >= 0.3 is 0 Å². The van der Waals surface area contributed by atoms with Crippen molar-refractivity contribution in [3.05, 3.63) is 18.0 Å². The van der Waals surface area contributed by atoms with Crippen LogP contribution in [0.3, 0.4) is 0 Å². The zero-order valence-corrected chi connectivity index (χ0v) is 16.3. The second-order valence-electron chi connectivity index (χ2n) is 8.09. The first-order chi connectivity index (χ1) is 13.0. The summed E-state index contributed by atoms with van der Waals surface area (Å²) >= 11 is 0. The van der Waals surface area contributed by atoms with Gasteiger partial charge in [0, 0.05) is 44.8 Å². The van der Waals surface area contributed by atoms with E-state index in [0.29, 0.717) is 17.8 Å². The minimum absolute atomic E-state index is 0.0217. The molecule has 3 fully saturated rings. The minimum atomic E-state index is 0.0217. The van der Waals surface area contributed by atoms with Crippen molar-refractivity contribution in [3.8, 4) is 0 Å². The van der Waals surface area contributed by atoms with E-state index in [1.54, 1.807) is 17.7 Å². The summed E-state index contributed by atoms with van der Waals surface area (Å²) < 4.78 is 8.18. The molecule has 7 heteroatoms. The van der Waals surface area contributed by atoms with Gasteiger partial charge in [0.2, 0.25) is 5.91 Å². The summed E-state index contributed by atoms with van der Waals surface area (Å²) in [6.07, 6.45) is 8.23. The Kier molecular flexibility index (Phi) is 5.21. The van der Waals surface area contributed by atoms with Crippen molar-refractivity contribution in [2.24, 2.45) is 0 Å². The highest BCUT2D eigenvalue weighted by Gasteiger charge is 2.43. The highest BCUT2D eigenvalue weighted by molar-refractivity contribution is 5.92. The standard InChI is InChI=1S/C20H30N4O3/c1-3-23-11-8-19(21-23)20(26)22-9-6-17(7-10-22)27-18-12-15-4-5-16(13-18)24(15)14(2)25/h8,11,15-18H,3-7,9-10,12-13H2,1-2H3/t15-,16+,18?. The molecule has 0 aromatic carbocycles. The third-order valence-electron chi connectivity index (χ3n) is 6.35. The number of nitrogens with zero attached hydrogens (tertiary/aromatic N) is 4. The quantitative estimate of drug-likeness (QED) is 0.809. The van der Waals surface area contributed by atoms with E-state index >= 15 is 0 Å². The van der Waals surface area contributed by atoms with Crippen LogP contribution in [0.4, 0.5) is 0 Å². The summed E-state index contributed by atoms with van der Waals surface area (Å²) in [7, 11) is 0. The number of aromatic nitrogens is 2. The van der Waals surface area contributed by atoms with E-state index in [2.05, 4.69) is 10.00 Å². The Labute approximate surface area is 160 Å². The van der Waals surface area contributed by atoms with Crippen LogP contribution in [0, 0.1) is 0 Å². The number of piperidine rings is 2. The fourth-order valence-electron chi connectivity index (χ4n) is 5.03. The molecule has 0 N–H and O–H groups in total. The predicted octanol–water partition coefficient (Wildman–Crippen LogP) is 2.07. The minimum Gasteiger partial charge on any atom is -0.375 e. The van der Waals surface area contributed by atoms with Gasteiger partial charge in [-0.1, -0.05) is 0 Å². The van der Waals surface area contributed by atoms with E-state index in [-0.39, 0.29) is 24.0 Å². The molecule has 2 bridgehead atoms. The molecule has 7 nitrogen and oxygen atoms in total. The molecule has 2 amide bonds. The lowest BCUT2D eigenvalue weighted by molar-refractivity contribution is -0.138. The molecule has 3 atom stereocenters. The zero-order chi connectivity index (χ0) is 19.0. The van der Waals surface area contributed by atoms with Crippen molar-refractivity contribution in [2.45, 2.75) is 83.2 Å². The molecule has 1 aromatic heterocycles. The second-order valence-corrected chi connectivity index (χ2v) is 8.09. The molecule has 3 saturated heterocycles. The summed E-state index contributed by atoms with van der Waals surface area (Å²) in [4.78, 5) is 28.4. The number of hydrogen-bond donors (Lipinski definition) is 0. The van der Waals surface area contributed by atoms with Crippen molar-refractivity contribution >= 4 is 11.8 Å². The van der Waals surface area contributed by atoms with E-state index in [0.717, 1.165) is 58.2 Å². The molecular weight excluding hydrogens is 344 g/mol. The molecule has 0 saturated carbocycles. The largest absolute Gasteiger partial charge is 0.375 e. The Morgan fingerprint density at radius 3 is 2.33 bits per heavy atom. The van der Waals surface area contributed by atoms with Crippen LogP contribution in [-0.2, 0) is 16.1 Å². The van der Waals surface area contributed by atoms with Crippen molar-refractivity contribution in [1.82, 2.24) is 19.6 Å². The monoisotopic (exact) mass is 374 g/mol. The van der Waals surface area contributed by atoms with E-state index < -0.39 is 0 Å². The van der Waals surface area contributed by atoms with Gasteiger partial charge in [0.25, 0.3) is 5.91 Å². The molecule has 0 aliphatic carbocycles. The first kappa shape index (κ1) is 18.5. The predicted molar refractivity (Wildman–Crippen MR) is 100 cm³/mol. The maximum atomic E-state index is 12.6. The van der Waals surface area contributed by atoms with Gasteiger partial charge in [-0.15, -0.1) is 0 Å². The summed E-state index contributed by atoms with van der Waals surface area (Å²) in [6, 6.07) is 2.52. The molecule has 148 valence electrons. The van der Waals surface area contributed by atoms with Gasteiger partial charge in [0.05, 0.1) is 12.2 Å². The lowest BCUT2D eigenvalue weighted by Crippen LogP contribution is -2.49. The molecule has 1 aromatic rings. The van der Waals surface area contributed by atoms with Crippen LogP contribution in [0.1, 0.15) is 62.9 Å². The number of rotatable bonds is 4. The molecule has 3 aliphatic rings. The van der Waals surface area contributed by atoms with Crippen LogP contribution in [-0.4, -0.2) is 68.8 Å². The van der Waals surface area contributed by atoms with Crippen molar-refractivity contribution in [3.63, 3.8) is 0 Å². The number of carbonyl (C=O) groups is 2. The summed E-state index contributed by atoms with van der Waals surface area (Å²) in [5, 5.41) is 4.32. The molecule has 1 unspecified atom stereocenters. The number of amides is 2. The molecular formula is C20H30N4O3. The van der Waals surface area contributed by atoms with Crippen LogP contribution in [0.2, 0.25) is 0 Å². The topological polar surface area (TPSA) is 67.7 Å². The molecule has 0 spiro atoms. The molecule has 4 heterocycles. The summed E-state index contributed by atoms with van der Waals surface area (Å²) in [5.74, 6) is 0.228. The van der Waals surface area contributed by atoms with Gasteiger partial charge in [-0.05, 0) is 51.5 Å². The Morgan fingerprint density at radius 2 is 1.78 bits per heavy atom. The third-order valence-corrected chi connectivity index (χ3v) is 6.35. The zero-order valence-electron chi connectivity index (χ0n) is 16.3. The Morgan fingerprint density at radius 1 is 1.11 bits per heavy atom. The second kappa shape index (κ2) is 7.62. The highest BCUT2D eigenvalue weighted by atomic mass is 16.5. The average molecular weight is 374 g/mol. The fourth-order valence-corrected chi connectivity index (χ4v) is 5.03. The highest BCUT2D eigenvalue weighted by Crippen LogP contribution is 2.37. The average Bonchev–Trinajstić information content (AvgIpc) is 3.25. The Bertz CT molecular complexity index is 681. The van der Waals surface area contributed by atoms with Crippen molar-refractivity contribution in [1.29, 1.82) is 0 Å². The number of fused-ring (bicyclic) bond motifs is 2. The van der Waals surface area contributed by atoms with E-state index in [9.17, 15) is 9.59 Å². The summed E-state index contributed by atoms with van der Waals surface area (Å²) in [5.41, 5.74) is 0.532. The number of ether oxygens (including phenoxy) is 1. The van der Waals surface area contributed by atoms with Gasteiger partial charge < -0.3 is 14.5 Å². The maximum absolute atomic E-state index is 12.6. The van der Waals surface area contributed by atoms with E-state index in [1.807, 2.05) is 18.0 Å². The number of aryl methyl sites for hydroxylation is 1. The van der Waals surface area contributed by atoms with Crippen LogP contribution in [0.15, 0.2) is 12.3 Å². The smallest absolute Gasteiger partial charge is 0.274 e. The maximum Gasteiger partial charge on any atom is 0.274 e. The van der Waals surface area contributed by atoms with Crippen LogP contribution >= 0.6 is 0 Å². The van der Waals surface area contributed by atoms with Gasteiger partial charge in [-0.25, -0.2) is 0 Å². The van der Waals surface area contributed by atoms with Crippen LogP contribution in [0.25, 0.3) is 0 Å². The lowest BCUT2D eigenvalue weighted by Gasteiger charge is -2.40. The number of carbonyl (C=O) groups excluding carboxylic acids is 2. The first-order valence-corrected chi connectivity index (χ1v) is 10.3. The fraction of sp³-hybridized carbons (Fsp3) is 0.750.